The summed E-state index contributed by atoms with van der Waals surface area (Å²) in [6.07, 6.45) is 2.66. The molecule has 4 atom stereocenters. The van der Waals surface area contributed by atoms with Gasteiger partial charge in [0, 0.05) is 18.0 Å². The third-order valence-electron chi connectivity index (χ3n) is 5.81. The number of hydrogen-bond donors (Lipinski definition) is 1. The molecule has 128 valence electrons. The summed E-state index contributed by atoms with van der Waals surface area (Å²) in [6.45, 7) is 4.38. The van der Waals surface area contributed by atoms with E-state index < -0.39 is 5.60 Å². The van der Waals surface area contributed by atoms with Gasteiger partial charge < -0.3 is 5.11 Å². The highest BCUT2D eigenvalue weighted by atomic mass is 16.3. The maximum absolute atomic E-state index is 11.5. The fraction of sp³-hybridized carbons (Fsp3) is 0.455. The van der Waals surface area contributed by atoms with Gasteiger partial charge in [-0.05, 0) is 31.0 Å². The molecule has 24 heavy (non-hydrogen) atoms. The average Bonchev–Trinajstić information content (AvgIpc) is 2.61. The van der Waals surface area contributed by atoms with E-state index in [1.54, 1.807) is 0 Å². The van der Waals surface area contributed by atoms with Gasteiger partial charge in [-0.15, -0.1) is 0 Å². The highest BCUT2D eigenvalue weighted by molar-refractivity contribution is 5.26. The lowest BCUT2D eigenvalue weighted by atomic mass is 9.69. The monoisotopic (exact) mass is 323 g/mol. The van der Waals surface area contributed by atoms with Crippen molar-refractivity contribution in [2.75, 3.05) is 7.05 Å². The summed E-state index contributed by atoms with van der Waals surface area (Å²) in [4.78, 5) is 2.46. The summed E-state index contributed by atoms with van der Waals surface area (Å²) in [5, 5.41) is 11.5. The number of benzene rings is 2. The number of likely N-dealkylation sites (tertiary alicyclic amines) is 1. The second-order valence-corrected chi connectivity index (χ2v) is 7.29. The molecule has 0 unspecified atom stereocenters. The zero-order valence-corrected chi connectivity index (χ0v) is 15.0. The smallest absolute Gasteiger partial charge is 0.0709 e. The van der Waals surface area contributed by atoms with Crippen LogP contribution in [0.1, 0.15) is 56.3 Å². The molecule has 1 aliphatic rings. The van der Waals surface area contributed by atoms with Crippen molar-refractivity contribution in [1.82, 2.24) is 4.90 Å². The fourth-order valence-corrected chi connectivity index (χ4v) is 4.47. The maximum atomic E-state index is 11.5. The van der Waals surface area contributed by atoms with Crippen molar-refractivity contribution in [3.05, 3.63) is 71.8 Å². The van der Waals surface area contributed by atoms with Crippen molar-refractivity contribution < 1.29 is 5.11 Å². The molecular weight excluding hydrogens is 294 g/mol. The van der Waals surface area contributed by atoms with Gasteiger partial charge in [0.2, 0.25) is 0 Å². The predicted molar refractivity (Wildman–Crippen MR) is 99.8 cm³/mol. The molecule has 2 aromatic carbocycles. The molecule has 0 amide bonds. The van der Waals surface area contributed by atoms with Gasteiger partial charge in [0.15, 0.2) is 0 Å². The molecule has 1 fully saturated rings. The Morgan fingerprint density at radius 3 is 2.08 bits per heavy atom. The third-order valence-corrected chi connectivity index (χ3v) is 5.81. The van der Waals surface area contributed by atoms with E-state index in [1.165, 1.54) is 11.1 Å². The Balaban J connectivity index is 2.03. The van der Waals surface area contributed by atoms with E-state index in [4.69, 9.17) is 0 Å². The van der Waals surface area contributed by atoms with Crippen LogP contribution in [-0.2, 0) is 0 Å². The molecule has 2 nitrogen and oxygen atoms in total. The Kier molecular flexibility index (Phi) is 5.07. The standard InChI is InChI=1S/C22H29NO/c1-4-15-22(24)16-20(18-11-7-5-8-12-18)23(3)21(17(22)2)19-13-9-6-10-14-19/h5-14,17,20-21,24H,4,15-16H2,1-3H3/t17-,20-,21+,22+/m1/s1. The number of hydrogen-bond acceptors (Lipinski definition) is 2. The van der Waals surface area contributed by atoms with Crippen LogP contribution < -0.4 is 0 Å². The largest absolute Gasteiger partial charge is 0.389 e. The number of piperidine rings is 1. The van der Waals surface area contributed by atoms with Crippen LogP contribution in [0.15, 0.2) is 60.7 Å². The van der Waals surface area contributed by atoms with Crippen LogP contribution in [0.5, 0.6) is 0 Å². The second-order valence-electron chi connectivity index (χ2n) is 7.29. The van der Waals surface area contributed by atoms with E-state index >= 15 is 0 Å². The van der Waals surface area contributed by atoms with Crippen LogP contribution in [0.2, 0.25) is 0 Å². The summed E-state index contributed by atoms with van der Waals surface area (Å²) in [7, 11) is 2.21. The molecule has 0 spiro atoms. The first-order valence-corrected chi connectivity index (χ1v) is 9.11. The molecule has 0 aliphatic carbocycles. The van der Waals surface area contributed by atoms with E-state index in [1.807, 2.05) is 0 Å². The first kappa shape index (κ1) is 17.2. The van der Waals surface area contributed by atoms with Gasteiger partial charge in [-0.2, -0.15) is 0 Å². The minimum Gasteiger partial charge on any atom is -0.389 e. The lowest BCUT2D eigenvalue weighted by Crippen LogP contribution is -2.52. The van der Waals surface area contributed by atoms with Crippen molar-refractivity contribution in [2.45, 2.75) is 50.8 Å². The van der Waals surface area contributed by atoms with E-state index in [-0.39, 0.29) is 18.0 Å². The normalized spacial score (nSPS) is 31.1. The molecule has 1 N–H and O–H groups in total. The van der Waals surface area contributed by atoms with Crippen molar-refractivity contribution in [1.29, 1.82) is 0 Å². The van der Waals surface area contributed by atoms with Crippen molar-refractivity contribution in [3.8, 4) is 0 Å². The number of nitrogens with zero attached hydrogens (tertiary/aromatic N) is 1. The zero-order valence-electron chi connectivity index (χ0n) is 15.0. The highest BCUT2D eigenvalue weighted by Gasteiger charge is 2.48. The molecule has 1 saturated heterocycles. The number of rotatable bonds is 4. The van der Waals surface area contributed by atoms with Crippen LogP contribution in [0.3, 0.4) is 0 Å². The van der Waals surface area contributed by atoms with E-state index in [9.17, 15) is 5.11 Å². The third kappa shape index (κ3) is 3.13. The quantitative estimate of drug-likeness (QED) is 0.858. The molecule has 1 heterocycles. The summed E-state index contributed by atoms with van der Waals surface area (Å²) >= 11 is 0. The van der Waals surface area contributed by atoms with Gasteiger partial charge in [0.1, 0.15) is 0 Å². The molecule has 0 aromatic heterocycles. The highest BCUT2D eigenvalue weighted by Crippen LogP contribution is 2.50. The van der Waals surface area contributed by atoms with Gasteiger partial charge >= 0.3 is 0 Å². The van der Waals surface area contributed by atoms with Crippen LogP contribution in [0.4, 0.5) is 0 Å². The minimum absolute atomic E-state index is 0.199. The summed E-state index contributed by atoms with van der Waals surface area (Å²) in [5.41, 5.74) is 1.97. The van der Waals surface area contributed by atoms with Crippen molar-refractivity contribution in [2.24, 2.45) is 5.92 Å². The van der Waals surface area contributed by atoms with Gasteiger partial charge in [0.05, 0.1) is 5.60 Å². The lowest BCUT2D eigenvalue weighted by molar-refractivity contribution is -0.118. The molecule has 1 aliphatic heterocycles. The predicted octanol–water partition coefficient (Wildman–Crippen LogP) is 4.97. The Morgan fingerprint density at radius 1 is 1.00 bits per heavy atom. The Hall–Kier alpha value is -1.64. The van der Waals surface area contributed by atoms with Crippen LogP contribution in [-0.4, -0.2) is 22.7 Å². The lowest BCUT2D eigenvalue weighted by Gasteiger charge is -2.52. The minimum atomic E-state index is -0.623. The Labute approximate surface area is 146 Å². The molecule has 0 saturated carbocycles. The Bertz CT molecular complexity index is 642. The second kappa shape index (κ2) is 7.08. The SMILES string of the molecule is CCC[C@]1(O)C[C@H](c2ccccc2)N(C)[C@H](c2ccccc2)[C@H]1C. The maximum Gasteiger partial charge on any atom is 0.0709 e. The first-order valence-electron chi connectivity index (χ1n) is 9.11. The van der Waals surface area contributed by atoms with Gasteiger partial charge in [-0.3, -0.25) is 4.90 Å². The molecule has 0 radical (unpaired) electrons. The van der Waals surface area contributed by atoms with E-state index in [2.05, 4.69) is 86.5 Å². The van der Waals surface area contributed by atoms with Gasteiger partial charge in [-0.25, -0.2) is 0 Å². The summed E-state index contributed by atoms with van der Waals surface area (Å²) in [5.74, 6) is 0.199. The molecule has 3 rings (SSSR count). The molecule has 2 aromatic rings. The topological polar surface area (TPSA) is 23.5 Å². The molecular formula is C22H29NO. The summed E-state index contributed by atoms with van der Waals surface area (Å²) in [6, 6.07) is 21.7. The van der Waals surface area contributed by atoms with Crippen LogP contribution in [0, 0.1) is 5.92 Å². The van der Waals surface area contributed by atoms with E-state index in [0.717, 1.165) is 19.3 Å². The fourth-order valence-electron chi connectivity index (χ4n) is 4.47. The number of aliphatic hydroxyl groups is 1. The first-order chi connectivity index (χ1) is 11.6. The summed E-state index contributed by atoms with van der Waals surface area (Å²) < 4.78 is 0. The van der Waals surface area contributed by atoms with Crippen molar-refractivity contribution >= 4 is 0 Å². The molecule has 2 heteroatoms. The van der Waals surface area contributed by atoms with Crippen molar-refractivity contribution in [3.63, 3.8) is 0 Å². The van der Waals surface area contributed by atoms with Gasteiger partial charge in [-0.1, -0.05) is 80.9 Å². The zero-order chi connectivity index (χ0) is 17.2. The van der Waals surface area contributed by atoms with E-state index in [0.29, 0.717) is 0 Å². The van der Waals surface area contributed by atoms with Gasteiger partial charge in [0.25, 0.3) is 0 Å². The average molecular weight is 323 g/mol. The van der Waals surface area contributed by atoms with Crippen LogP contribution in [0.25, 0.3) is 0 Å². The molecule has 0 bridgehead atoms. The van der Waals surface area contributed by atoms with Crippen LogP contribution >= 0.6 is 0 Å². The Morgan fingerprint density at radius 2 is 1.54 bits per heavy atom.